The van der Waals surface area contributed by atoms with Crippen LogP contribution in [0, 0.1) is 0 Å². The molecule has 1 aromatic heterocycles. The van der Waals surface area contributed by atoms with Crippen molar-refractivity contribution in [3.05, 3.63) is 66.7 Å². The molecule has 1 N–H and O–H groups in total. The average Bonchev–Trinajstić information content (AvgIpc) is 3.01. The number of nitrogens with one attached hydrogen (secondary N) is 1. The quantitative estimate of drug-likeness (QED) is 0.549. The maximum atomic E-state index is 12.8. The molecule has 6 heteroatoms. The third-order valence-electron chi connectivity index (χ3n) is 4.69. The van der Waals surface area contributed by atoms with Crippen molar-refractivity contribution in [1.29, 1.82) is 0 Å². The van der Waals surface area contributed by atoms with Gasteiger partial charge in [-0.05, 0) is 43.3 Å². The van der Waals surface area contributed by atoms with Crippen LogP contribution >= 0.6 is 0 Å². The molecule has 4 rings (SSSR count). The van der Waals surface area contributed by atoms with Crippen LogP contribution in [0.25, 0.3) is 21.8 Å². The van der Waals surface area contributed by atoms with Crippen LogP contribution in [0.2, 0.25) is 0 Å². The minimum absolute atomic E-state index is 0.165. The van der Waals surface area contributed by atoms with Crippen molar-refractivity contribution >= 4 is 37.5 Å². The lowest BCUT2D eigenvalue weighted by Crippen LogP contribution is -2.12. The Bertz CT molecular complexity index is 1240. The molecule has 0 fully saturated rings. The molecule has 0 atom stereocenters. The van der Waals surface area contributed by atoms with Gasteiger partial charge in [-0.15, -0.1) is 0 Å². The molecule has 0 bridgehead atoms. The maximum Gasteiger partial charge on any atom is 0.262 e. The molecule has 0 aliphatic rings. The average molecular weight is 380 g/mol. The van der Waals surface area contributed by atoms with Gasteiger partial charge in [0, 0.05) is 40.1 Å². The van der Waals surface area contributed by atoms with E-state index in [1.165, 1.54) is 13.2 Å². The normalized spacial score (nSPS) is 11.8. The number of aryl methyl sites for hydroxylation is 1. The predicted molar refractivity (Wildman–Crippen MR) is 109 cm³/mol. The molecule has 0 saturated carbocycles. The van der Waals surface area contributed by atoms with Crippen LogP contribution < -0.4 is 9.46 Å². The molecule has 0 unspecified atom stereocenters. The topological polar surface area (TPSA) is 60.3 Å². The van der Waals surface area contributed by atoms with E-state index in [1.807, 2.05) is 24.3 Å². The summed E-state index contributed by atoms with van der Waals surface area (Å²) in [5.41, 5.74) is 2.76. The number of rotatable bonds is 5. The van der Waals surface area contributed by atoms with Crippen molar-refractivity contribution in [2.45, 2.75) is 18.4 Å². The number of sulfonamides is 1. The van der Waals surface area contributed by atoms with E-state index in [2.05, 4.69) is 28.3 Å². The van der Waals surface area contributed by atoms with Gasteiger partial charge in [0.05, 0.1) is 12.0 Å². The third-order valence-corrected chi connectivity index (χ3v) is 6.07. The number of methoxy groups -OCH3 is 1. The molecular formula is C21H20N2O3S. The zero-order chi connectivity index (χ0) is 19.0. The van der Waals surface area contributed by atoms with Crippen LogP contribution in [0.15, 0.2) is 71.6 Å². The number of hydrogen-bond acceptors (Lipinski definition) is 3. The molecule has 0 aliphatic heterocycles. The van der Waals surface area contributed by atoms with Crippen molar-refractivity contribution in [1.82, 2.24) is 4.57 Å². The number of ether oxygens (including phenoxy) is 1. The fourth-order valence-electron chi connectivity index (χ4n) is 3.44. The summed E-state index contributed by atoms with van der Waals surface area (Å²) < 4.78 is 35.5. The van der Waals surface area contributed by atoms with E-state index in [4.69, 9.17) is 4.74 Å². The highest BCUT2D eigenvalue weighted by Crippen LogP contribution is 2.31. The lowest BCUT2D eigenvalue weighted by atomic mass is 10.1. The van der Waals surface area contributed by atoms with Crippen molar-refractivity contribution in [3.8, 4) is 5.75 Å². The Morgan fingerprint density at radius 2 is 1.70 bits per heavy atom. The first-order valence-corrected chi connectivity index (χ1v) is 10.2. The van der Waals surface area contributed by atoms with E-state index >= 15 is 0 Å². The molecule has 3 aromatic carbocycles. The number of hydrogen-bond donors (Lipinski definition) is 1. The van der Waals surface area contributed by atoms with Gasteiger partial charge >= 0.3 is 0 Å². The van der Waals surface area contributed by atoms with Crippen molar-refractivity contribution in [2.24, 2.45) is 0 Å². The number of para-hydroxylation sites is 1. The summed E-state index contributed by atoms with van der Waals surface area (Å²) in [6.45, 7) is 2.95. The summed E-state index contributed by atoms with van der Waals surface area (Å²) in [7, 11) is -2.19. The fourth-order valence-corrected chi connectivity index (χ4v) is 4.52. The van der Waals surface area contributed by atoms with Gasteiger partial charge in [-0.25, -0.2) is 8.42 Å². The monoisotopic (exact) mass is 380 g/mol. The molecule has 0 aliphatic carbocycles. The second-order valence-electron chi connectivity index (χ2n) is 6.28. The molecule has 4 aromatic rings. The van der Waals surface area contributed by atoms with Gasteiger partial charge in [0.15, 0.2) is 0 Å². The summed E-state index contributed by atoms with van der Waals surface area (Å²) in [5, 5.41) is 2.13. The highest BCUT2D eigenvalue weighted by Gasteiger charge is 2.16. The minimum Gasteiger partial charge on any atom is -0.497 e. The molecule has 27 heavy (non-hydrogen) atoms. The number of anilines is 1. The Hall–Kier alpha value is -2.99. The van der Waals surface area contributed by atoms with Gasteiger partial charge in [-0.2, -0.15) is 0 Å². The SMILES string of the molecule is CCn1c2ccccc2c2cc(NS(=O)(=O)c3cccc(OC)c3)ccc21. The molecule has 0 saturated heterocycles. The Morgan fingerprint density at radius 1 is 0.926 bits per heavy atom. The van der Waals surface area contributed by atoms with E-state index < -0.39 is 10.0 Å². The number of aromatic nitrogens is 1. The summed E-state index contributed by atoms with van der Waals surface area (Å²) in [6.07, 6.45) is 0. The van der Waals surface area contributed by atoms with Crippen LogP contribution in [-0.4, -0.2) is 20.1 Å². The third kappa shape index (κ3) is 3.02. The van der Waals surface area contributed by atoms with Crippen molar-refractivity contribution in [3.63, 3.8) is 0 Å². The second-order valence-corrected chi connectivity index (χ2v) is 7.96. The van der Waals surface area contributed by atoms with E-state index in [9.17, 15) is 8.42 Å². The minimum atomic E-state index is -3.70. The largest absolute Gasteiger partial charge is 0.497 e. The molecule has 0 spiro atoms. The Morgan fingerprint density at radius 3 is 2.48 bits per heavy atom. The summed E-state index contributed by atoms with van der Waals surface area (Å²) in [5.74, 6) is 0.499. The van der Waals surface area contributed by atoms with Crippen molar-refractivity contribution in [2.75, 3.05) is 11.8 Å². The summed E-state index contributed by atoms with van der Waals surface area (Å²) in [4.78, 5) is 0.165. The van der Waals surface area contributed by atoms with Gasteiger partial charge in [-0.1, -0.05) is 24.3 Å². The zero-order valence-electron chi connectivity index (χ0n) is 15.1. The van der Waals surface area contributed by atoms with E-state index in [1.54, 1.807) is 24.3 Å². The first-order chi connectivity index (χ1) is 13.0. The number of benzene rings is 3. The highest BCUT2D eigenvalue weighted by atomic mass is 32.2. The first kappa shape index (κ1) is 17.4. The summed E-state index contributed by atoms with van der Waals surface area (Å²) >= 11 is 0. The lowest BCUT2D eigenvalue weighted by Gasteiger charge is -2.10. The second kappa shape index (κ2) is 6.63. The lowest BCUT2D eigenvalue weighted by molar-refractivity contribution is 0.413. The maximum absolute atomic E-state index is 12.8. The zero-order valence-corrected chi connectivity index (χ0v) is 16.0. The van der Waals surface area contributed by atoms with E-state index in [0.29, 0.717) is 11.4 Å². The van der Waals surface area contributed by atoms with Gasteiger partial charge in [0.25, 0.3) is 10.0 Å². The van der Waals surface area contributed by atoms with E-state index in [0.717, 1.165) is 28.4 Å². The molecular weight excluding hydrogens is 360 g/mol. The van der Waals surface area contributed by atoms with Gasteiger partial charge in [0.2, 0.25) is 0 Å². The van der Waals surface area contributed by atoms with E-state index in [-0.39, 0.29) is 4.90 Å². The Balaban J connectivity index is 1.79. The Labute approximate surface area is 158 Å². The van der Waals surface area contributed by atoms with Gasteiger partial charge in [-0.3, -0.25) is 4.72 Å². The molecule has 1 heterocycles. The van der Waals surface area contributed by atoms with Gasteiger partial charge < -0.3 is 9.30 Å². The number of fused-ring (bicyclic) bond motifs is 3. The van der Waals surface area contributed by atoms with Crippen LogP contribution in [0.4, 0.5) is 5.69 Å². The molecule has 5 nitrogen and oxygen atoms in total. The highest BCUT2D eigenvalue weighted by molar-refractivity contribution is 7.92. The fraction of sp³-hybridized carbons (Fsp3) is 0.143. The first-order valence-electron chi connectivity index (χ1n) is 8.71. The number of nitrogens with zero attached hydrogens (tertiary/aromatic N) is 1. The Kier molecular flexibility index (Phi) is 4.28. The van der Waals surface area contributed by atoms with Crippen LogP contribution in [0.1, 0.15) is 6.92 Å². The molecule has 0 amide bonds. The summed E-state index contributed by atoms with van der Waals surface area (Å²) in [6, 6.07) is 20.2. The van der Waals surface area contributed by atoms with Crippen LogP contribution in [0.5, 0.6) is 5.75 Å². The molecule has 138 valence electrons. The standard InChI is InChI=1S/C21H20N2O3S/c1-3-23-20-10-5-4-9-18(20)19-13-15(11-12-21(19)23)22-27(24,25)17-8-6-7-16(14-17)26-2/h4-14,22H,3H2,1-2H3. The smallest absolute Gasteiger partial charge is 0.262 e. The predicted octanol–water partition coefficient (Wildman–Crippen LogP) is 4.62. The molecule has 0 radical (unpaired) electrons. The van der Waals surface area contributed by atoms with Crippen molar-refractivity contribution < 1.29 is 13.2 Å². The van der Waals surface area contributed by atoms with Crippen LogP contribution in [0.3, 0.4) is 0 Å². The van der Waals surface area contributed by atoms with Gasteiger partial charge in [0.1, 0.15) is 5.75 Å². The van der Waals surface area contributed by atoms with Crippen LogP contribution in [-0.2, 0) is 16.6 Å².